The third kappa shape index (κ3) is 4.82. The molecule has 0 saturated carbocycles. The number of hydrogen-bond acceptors (Lipinski definition) is 4. The maximum Gasteiger partial charge on any atom is 0.194 e. The molecule has 6 heteroatoms. The molecule has 116 valence electrons. The summed E-state index contributed by atoms with van der Waals surface area (Å²) in [5.74, 6) is 2.21. The van der Waals surface area contributed by atoms with Crippen LogP contribution in [0.15, 0.2) is 4.99 Å². The fourth-order valence-electron chi connectivity index (χ4n) is 2.41. The number of rotatable bonds is 4. The van der Waals surface area contributed by atoms with Crippen molar-refractivity contribution in [3.05, 3.63) is 0 Å². The van der Waals surface area contributed by atoms with Crippen molar-refractivity contribution in [3.63, 3.8) is 0 Å². The molecule has 0 aromatic rings. The molecule has 2 unspecified atom stereocenters. The maximum absolute atomic E-state index is 5.65. The van der Waals surface area contributed by atoms with Gasteiger partial charge in [0.05, 0.1) is 26.4 Å². The highest BCUT2D eigenvalue weighted by molar-refractivity contribution is 8.00. The second kappa shape index (κ2) is 8.74. The van der Waals surface area contributed by atoms with Crippen LogP contribution in [0, 0.1) is 0 Å². The molecule has 0 aromatic carbocycles. The number of nitrogens with one attached hydrogen (secondary N) is 1. The van der Waals surface area contributed by atoms with Crippen molar-refractivity contribution < 1.29 is 9.47 Å². The average molecular weight is 301 g/mol. The molecule has 2 aliphatic rings. The van der Waals surface area contributed by atoms with Crippen LogP contribution < -0.4 is 5.32 Å². The number of thioether (sulfide) groups is 1. The molecule has 2 saturated heterocycles. The molecule has 0 spiro atoms. The van der Waals surface area contributed by atoms with E-state index >= 15 is 0 Å². The van der Waals surface area contributed by atoms with E-state index in [0.717, 1.165) is 30.8 Å². The molecule has 0 bridgehead atoms. The van der Waals surface area contributed by atoms with Crippen LogP contribution in [-0.4, -0.2) is 74.0 Å². The Bertz CT molecular complexity index is 309. The summed E-state index contributed by atoms with van der Waals surface area (Å²) in [5, 5.41) is 4.13. The van der Waals surface area contributed by atoms with Crippen molar-refractivity contribution in [1.82, 2.24) is 10.2 Å². The molecule has 2 atom stereocenters. The molecule has 0 amide bonds. The smallest absolute Gasteiger partial charge is 0.194 e. The van der Waals surface area contributed by atoms with Crippen molar-refractivity contribution in [2.75, 3.05) is 51.8 Å². The Morgan fingerprint density at radius 3 is 3.00 bits per heavy atom. The Morgan fingerprint density at radius 1 is 1.40 bits per heavy atom. The molecular weight excluding hydrogens is 274 g/mol. The average Bonchev–Trinajstić information content (AvgIpc) is 2.52. The maximum atomic E-state index is 5.65. The van der Waals surface area contributed by atoms with E-state index < -0.39 is 0 Å². The zero-order valence-electron chi connectivity index (χ0n) is 12.6. The number of nitrogens with zero attached hydrogens (tertiary/aromatic N) is 2. The topological polar surface area (TPSA) is 46.1 Å². The summed E-state index contributed by atoms with van der Waals surface area (Å²) >= 11 is 2.08. The highest BCUT2D eigenvalue weighted by Gasteiger charge is 2.22. The van der Waals surface area contributed by atoms with Gasteiger partial charge in [-0.3, -0.25) is 4.99 Å². The lowest BCUT2D eigenvalue weighted by Gasteiger charge is -2.34. The Labute approximate surface area is 126 Å². The quantitative estimate of drug-likeness (QED) is 0.624. The summed E-state index contributed by atoms with van der Waals surface area (Å²) in [4.78, 5) is 7.13. The molecule has 5 nitrogen and oxygen atoms in total. The lowest BCUT2D eigenvalue weighted by Crippen LogP contribution is -2.48. The van der Waals surface area contributed by atoms with Gasteiger partial charge in [-0.25, -0.2) is 0 Å². The predicted octanol–water partition coefficient (Wildman–Crippen LogP) is 1.19. The van der Waals surface area contributed by atoms with Crippen LogP contribution in [-0.2, 0) is 9.47 Å². The fraction of sp³-hybridized carbons (Fsp3) is 0.929. The van der Waals surface area contributed by atoms with Crippen LogP contribution >= 0.6 is 11.8 Å². The van der Waals surface area contributed by atoms with Crippen LogP contribution in [0.4, 0.5) is 0 Å². The summed E-state index contributed by atoms with van der Waals surface area (Å²) in [6.45, 7) is 10.2. The second-order valence-electron chi connectivity index (χ2n) is 5.11. The first kappa shape index (κ1) is 15.9. The number of aliphatic imine (C=N–C) groups is 1. The summed E-state index contributed by atoms with van der Waals surface area (Å²) in [5.41, 5.74) is 0. The van der Waals surface area contributed by atoms with Gasteiger partial charge in [0.15, 0.2) is 5.96 Å². The van der Waals surface area contributed by atoms with Crippen molar-refractivity contribution in [3.8, 4) is 0 Å². The fourth-order valence-corrected chi connectivity index (χ4v) is 3.59. The number of ether oxygens (including phenoxy) is 2. The van der Waals surface area contributed by atoms with Gasteiger partial charge in [0, 0.05) is 30.6 Å². The standard InChI is InChI=1S/C14H27N3O2S/c1-3-13-10-17(5-8-20-13)14(15-4-2)16-9-12-11-18-6-7-19-12/h12-13H,3-11H2,1-2H3,(H,15,16). The predicted molar refractivity (Wildman–Crippen MR) is 84.6 cm³/mol. The molecule has 0 aliphatic carbocycles. The van der Waals surface area contributed by atoms with Gasteiger partial charge in [-0.15, -0.1) is 0 Å². The van der Waals surface area contributed by atoms with Crippen molar-refractivity contribution in [1.29, 1.82) is 0 Å². The zero-order chi connectivity index (χ0) is 14.2. The Balaban J connectivity index is 1.90. The molecule has 2 heterocycles. The van der Waals surface area contributed by atoms with E-state index in [2.05, 4.69) is 35.8 Å². The molecule has 2 aliphatic heterocycles. The normalized spacial score (nSPS) is 28.5. The third-order valence-electron chi connectivity index (χ3n) is 3.56. The Morgan fingerprint density at radius 2 is 2.30 bits per heavy atom. The minimum absolute atomic E-state index is 0.110. The first-order valence-electron chi connectivity index (χ1n) is 7.67. The number of hydrogen-bond donors (Lipinski definition) is 1. The first-order valence-corrected chi connectivity index (χ1v) is 8.72. The zero-order valence-corrected chi connectivity index (χ0v) is 13.5. The van der Waals surface area contributed by atoms with E-state index in [-0.39, 0.29) is 6.10 Å². The van der Waals surface area contributed by atoms with Gasteiger partial charge in [0.2, 0.25) is 0 Å². The lowest BCUT2D eigenvalue weighted by atomic mass is 10.3. The molecule has 0 aromatic heterocycles. The first-order chi connectivity index (χ1) is 9.83. The van der Waals surface area contributed by atoms with E-state index in [4.69, 9.17) is 14.5 Å². The summed E-state index contributed by atoms with van der Waals surface area (Å²) in [6, 6.07) is 0. The van der Waals surface area contributed by atoms with Crippen LogP contribution in [0.25, 0.3) is 0 Å². The molecule has 0 radical (unpaired) electrons. The van der Waals surface area contributed by atoms with Gasteiger partial charge >= 0.3 is 0 Å². The van der Waals surface area contributed by atoms with E-state index in [1.807, 2.05) is 0 Å². The second-order valence-corrected chi connectivity index (χ2v) is 6.52. The van der Waals surface area contributed by atoms with Crippen LogP contribution in [0.2, 0.25) is 0 Å². The van der Waals surface area contributed by atoms with Gasteiger partial charge in [-0.05, 0) is 13.3 Å². The van der Waals surface area contributed by atoms with Gasteiger partial charge in [-0.1, -0.05) is 6.92 Å². The highest BCUT2D eigenvalue weighted by atomic mass is 32.2. The van der Waals surface area contributed by atoms with Crippen LogP contribution in [0.1, 0.15) is 20.3 Å². The monoisotopic (exact) mass is 301 g/mol. The van der Waals surface area contributed by atoms with E-state index in [0.29, 0.717) is 26.4 Å². The van der Waals surface area contributed by atoms with Crippen molar-refractivity contribution in [2.24, 2.45) is 4.99 Å². The summed E-state index contributed by atoms with van der Waals surface area (Å²) in [6.07, 6.45) is 1.33. The lowest BCUT2D eigenvalue weighted by molar-refractivity contribution is -0.0833. The molecule has 2 fully saturated rings. The van der Waals surface area contributed by atoms with Crippen LogP contribution in [0.5, 0.6) is 0 Å². The minimum Gasteiger partial charge on any atom is -0.376 e. The van der Waals surface area contributed by atoms with Gasteiger partial charge in [0.25, 0.3) is 0 Å². The van der Waals surface area contributed by atoms with E-state index in [9.17, 15) is 0 Å². The Kier molecular flexibility index (Phi) is 6.96. The van der Waals surface area contributed by atoms with Crippen molar-refractivity contribution >= 4 is 17.7 Å². The molecule has 1 N–H and O–H groups in total. The van der Waals surface area contributed by atoms with Gasteiger partial charge in [0.1, 0.15) is 6.10 Å². The van der Waals surface area contributed by atoms with Gasteiger partial charge < -0.3 is 19.7 Å². The molecule has 20 heavy (non-hydrogen) atoms. The summed E-state index contributed by atoms with van der Waals surface area (Å²) in [7, 11) is 0. The van der Waals surface area contributed by atoms with Gasteiger partial charge in [-0.2, -0.15) is 11.8 Å². The largest absolute Gasteiger partial charge is 0.376 e. The minimum atomic E-state index is 0.110. The number of guanidine groups is 1. The van der Waals surface area contributed by atoms with Crippen LogP contribution in [0.3, 0.4) is 0 Å². The van der Waals surface area contributed by atoms with Crippen molar-refractivity contribution in [2.45, 2.75) is 31.6 Å². The van der Waals surface area contributed by atoms with E-state index in [1.165, 1.54) is 12.2 Å². The third-order valence-corrected chi connectivity index (χ3v) is 4.93. The molecule has 2 rings (SSSR count). The molecular formula is C14H27N3O2S. The summed E-state index contributed by atoms with van der Waals surface area (Å²) < 4.78 is 11.1. The highest BCUT2D eigenvalue weighted by Crippen LogP contribution is 2.21. The SMILES string of the molecule is CCNC(=NCC1COCCO1)N1CCSC(CC)C1. The Hall–Kier alpha value is -0.460. The van der Waals surface area contributed by atoms with E-state index in [1.54, 1.807) is 0 Å².